The number of rotatable bonds is 7. The normalized spacial score (nSPS) is 24.2. The van der Waals surface area contributed by atoms with E-state index in [9.17, 15) is 5.11 Å². The number of aliphatic hydroxyl groups excluding tert-OH is 1. The van der Waals surface area contributed by atoms with Crippen molar-refractivity contribution in [3.8, 4) is 11.5 Å². The summed E-state index contributed by atoms with van der Waals surface area (Å²) in [4.78, 5) is 4.68. The molecule has 31 heavy (non-hydrogen) atoms. The monoisotopic (exact) mass is 419 g/mol. The van der Waals surface area contributed by atoms with Crippen LogP contribution in [0, 0.1) is 20.8 Å². The lowest BCUT2D eigenvalue weighted by molar-refractivity contribution is 0.0359. The molecule has 0 radical (unpaired) electrons. The number of nitrogens with zero attached hydrogens (tertiary/aromatic N) is 1. The highest BCUT2D eigenvalue weighted by molar-refractivity contribution is 5.75. The van der Waals surface area contributed by atoms with Gasteiger partial charge < -0.3 is 14.6 Å². The Kier molecular flexibility index (Phi) is 5.94. The summed E-state index contributed by atoms with van der Waals surface area (Å²) < 4.78 is 13.0. The second-order valence-corrected chi connectivity index (χ2v) is 9.23. The second-order valence-electron chi connectivity index (χ2n) is 9.23. The lowest BCUT2D eigenvalue weighted by Crippen LogP contribution is -2.44. The fourth-order valence-corrected chi connectivity index (χ4v) is 4.99. The van der Waals surface area contributed by atoms with Crippen LogP contribution in [0.5, 0.6) is 11.5 Å². The van der Waals surface area contributed by atoms with E-state index in [0.717, 1.165) is 41.9 Å². The molecule has 0 aliphatic carbocycles. The molecule has 2 aromatic rings. The maximum atomic E-state index is 9.58. The smallest absolute Gasteiger partial charge is 0.127 e. The van der Waals surface area contributed by atoms with Gasteiger partial charge in [0.05, 0.1) is 5.54 Å². The Morgan fingerprint density at radius 3 is 2.55 bits per heavy atom. The molecule has 4 heteroatoms. The van der Waals surface area contributed by atoms with Crippen molar-refractivity contribution >= 4 is 6.21 Å². The van der Waals surface area contributed by atoms with E-state index in [0.29, 0.717) is 13.0 Å². The highest BCUT2D eigenvalue weighted by Gasteiger charge is 2.42. The third-order valence-electron chi connectivity index (χ3n) is 6.84. The van der Waals surface area contributed by atoms with Crippen molar-refractivity contribution < 1.29 is 14.6 Å². The van der Waals surface area contributed by atoms with Crippen LogP contribution in [0.1, 0.15) is 54.0 Å². The number of aliphatic imine (C=N–C) groups is 1. The zero-order chi connectivity index (χ0) is 22.1. The summed E-state index contributed by atoms with van der Waals surface area (Å²) in [5.41, 5.74) is 5.20. The number of allylic oxidation sites excluding steroid dienone is 1. The summed E-state index contributed by atoms with van der Waals surface area (Å²) in [6.07, 6.45) is 9.17. The van der Waals surface area contributed by atoms with E-state index in [1.54, 1.807) is 0 Å². The Labute approximate surface area is 185 Å². The molecule has 4 rings (SSSR count). The maximum Gasteiger partial charge on any atom is 0.127 e. The van der Waals surface area contributed by atoms with Gasteiger partial charge in [-0.15, -0.1) is 0 Å². The van der Waals surface area contributed by atoms with E-state index in [1.807, 2.05) is 30.5 Å². The molecule has 2 unspecified atom stereocenters. The largest absolute Gasteiger partial charge is 0.488 e. The lowest BCUT2D eigenvalue weighted by atomic mass is 9.78. The lowest BCUT2D eigenvalue weighted by Gasteiger charge is -2.42. The molecule has 0 aromatic heterocycles. The standard InChI is InChI=1S/C27H33NO3/c1-19-20(2)25-23(21(3)24(19)30-17-22-9-6-5-7-10-22)11-13-26(4,31-25)18-27(14-16-29)12-8-15-28-27/h5-10,12,15,29H,11,13-14,16-18H2,1-4H3. The van der Waals surface area contributed by atoms with Crippen LogP contribution < -0.4 is 9.47 Å². The summed E-state index contributed by atoms with van der Waals surface area (Å²) in [5, 5.41) is 9.58. The van der Waals surface area contributed by atoms with Crippen molar-refractivity contribution in [2.24, 2.45) is 4.99 Å². The molecule has 2 aliphatic heterocycles. The van der Waals surface area contributed by atoms with Crippen molar-refractivity contribution in [2.75, 3.05) is 6.61 Å². The zero-order valence-electron chi connectivity index (χ0n) is 19.1. The molecular weight excluding hydrogens is 386 g/mol. The maximum absolute atomic E-state index is 9.58. The number of fused-ring (bicyclic) bond motifs is 1. The molecule has 2 aromatic carbocycles. The Morgan fingerprint density at radius 1 is 1.10 bits per heavy atom. The predicted octanol–water partition coefficient (Wildman–Crippen LogP) is 5.43. The van der Waals surface area contributed by atoms with Gasteiger partial charge in [-0.2, -0.15) is 0 Å². The van der Waals surface area contributed by atoms with Gasteiger partial charge in [0.25, 0.3) is 0 Å². The van der Waals surface area contributed by atoms with Gasteiger partial charge in [0.15, 0.2) is 0 Å². The third kappa shape index (κ3) is 4.27. The van der Waals surface area contributed by atoms with E-state index in [2.05, 4.69) is 50.9 Å². The van der Waals surface area contributed by atoms with Gasteiger partial charge >= 0.3 is 0 Å². The SMILES string of the molecule is Cc1c(C)c2c(c(C)c1OCc1ccccc1)CCC(C)(CC1(CCO)C=CC=N1)O2. The van der Waals surface area contributed by atoms with Gasteiger partial charge in [0, 0.05) is 24.8 Å². The van der Waals surface area contributed by atoms with Gasteiger partial charge in [0.2, 0.25) is 0 Å². The number of benzene rings is 2. The molecule has 1 N–H and O–H groups in total. The molecule has 164 valence electrons. The van der Waals surface area contributed by atoms with Crippen molar-refractivity contribution in [3.05, 3.63) is 70.3 Å². The number of ether oxygens (including phenoxy) is 2. The third-order valence-corrected chi connectivity index (χ3v) is 6.84. The molecule has 0 bridgehead atoms. The Bertz CT molecular complexity index is 997. The highest BCUT2D eigenvalue weighted by Crippen LogP contribution is 2.46. The molecule has 0 spiro atoms. The molecule has 0 amide bonds. The Morgan fingerprint density at radius 2 is 1.87 bits per heavy atom. The minimum Gasteiger partial charge on any atom is -0.488 e. The minimum atomic E-state index is -0.363. The molecule has 0 saturated carbocycles. The van der Waals surface area contributed by atoms with Gasteiger partial charge in [-0.3, -0.25) is 4.99 Å². The predicted molar refractivity (Wildman–Crippen MR) is 125 cm³/mol. The zero-order valence-corrected chi connectivity index (χ0v) is 19.1. The van der Waals surface area contributed by atoms with E-state index in [4.69, 9.17) is 9.47 Å². The van der Waals surface area contributed by atoms with Crippen LogP contribution >= 0.6 is 0 Å². The van der Waals surface area contributed by atoms with E-state index < -0.39 is 0 Å². The fourth-order valence-electron chi connectivity index (χ4n) is 4.99. The number of hydrogen-bond donors (Lipinski definition) is 1. The number of aliphatic hydroxyl groups is 1. The fraction of sp³-hybridized carbons (Fsp3) is 0.444. The summed E-state index contributed by atoms with van der Waals surface area (Å²) >= 11 is 0. The van der Waals surface area contributed by atoms with E-state index >= 15 is 0 Å². The first-order valence-corrected chi connectivity index (χ1v) is 11.2. The van der Waals surface area contributed by atoms with Crippen molar-refractivity contribution in [2.45, 2.75) is 71.1 Å². The van der Waals surface area contributed by atoms with Gasteiger partial charge in [-0.05, 0) is 75.3 Å². The second kappa shape index (κ2) is 8.51. The van der Waals surface area contributed by atoms with Gasteiger partial charge in [0.1, 0.15) is 23.7 Å². The molecular formula is C27H33NO3. The molecule has 2 heterocycles. The van der Waals surface area contributed by atoms with Crippen LogP contribution in [-0.2, 0) is 13.0 Å². The van der Waals surface area contributed by atoms with Crippen LogP contribution in [0.4, 0.5) is 0 Å². The topological polar surface area (TPSA) is 51.0 Å². The molecule has 0 fully saturated rings. The Balaban J connectivity index is 1.60. The van der Waals surface area contributed by atoms with E-state index in [-0.39, 0.29) is 17.7 Å². The quantitative estimate of drug-likeness (QED) is 0.651. The average molecular weight is 420 g/mol. The van der Waals surface area contributed by atoms with E-state index in [1.165, 1.54) is 16.7 Å². The summed E-state index contributed by atoms with van der Waals surface area (Å²) in [6, 6.07) is 10.3. The average Bonchev–Trinajstić information content (AvgIpc) is 3.20. The molecule has 0 saturated heterocycles. The van der Waals surface area contributed by atoms with Crippen LogP contribution in [0.15, 0.2) is 47.5 Å². The van der Waals surface area contributed by atoms with Gasteiger partial charge in [-0.25, -0.2) is 0 Å². The van der Waals surface area contributed by atoms with Crippen LogP contribution in [0.25, 0.3) is 0 Å². The van der Waals surface area contributed by atoms with Crippen molar-refractivity contribution in [1.82, 2.24) is 0 Å². The van der Waals surface area contributed by atoms with Crippen LogP contribution in [0.3, 0.4) is 0 Å². The minimum absolute atomic E-state index is 0.119. The van der Waals surface area contributed by atoms with Gasteiger partial charge in [-0.1, -0.05) is 36.4 Å². The van der Waals surface area contributed by atoms with Crippen LogP contribution in [-0.4, -0.2) is 29.1 Å². The highest BCUT2D eigenvalue weighted by atomic mass is 16.5. The first-order chi connectivity index (χ1) is 14.9. The summed E-state index contributed by atoms with van der Waals surface area (Å²) in [7, 11) is 0. The van der Waals surface area contributed by atoms with Crippen molar-refractivity contribution in [3.63, 3.8) is 0 Å². The summed E-state index contributed by atoms with van der Waals surface area (Å²) in [6.45, 7) is 9.26. The number of hydrogen-bond acceptors (Lipinski definition) is 4. The summed E-state index contributed by atoms with van der Waals surface area (Å²) in [5.74, 6) is 1.98. The first kappa shape index (κ1) is 21.6. The molecule has 4 nitrogen and oxygen atoms in total. The van der Waals surface area contributed by atoms with Crippen LogP contribution in [0.2, 0.25) is 0 Å². The first-order valence-electron chi connectivity index (χ1n) is 11.2. The Hall–Kier alpha value is -2.59. The molecule has 2 aliphatic rings. The van der Waals surface area contributed by atoms with Crippen molar-refractivity contribution in [1.29, 1.82) is 0 Å². The molecule has 2 atom stereocenters.